The van der Waals surface area contributed by atoms with E-state index in [4.69, 9.17) is 27.9 Å². The van der Waals surface area contributed by atoms with E-state index < -0.39 is 28.4 Å². The molecule has 198 valence electrons. The Kier molecular flexibility index (Phi) is 8.98. The lowest BCUT2D eigenvalue weighted by molar-refractivity contribution is -0.119. The molecular formula is C28H21Cl2N3O5S. The molecular weight excluding hydrogens is 561 g/mol. The van der Waals surface area contributed by atoms with Gasteiger partial charge < -0.3 is 4.74 Å². The van der Waals surface area contributed by atoms with Crippen molar-refractivity contribution in [3.8, 4) is 5.75 Å². The van der Waals surface area contributed by atoms with Crippen LogP contribution in [0.1, 0.15) is 15.9 Å². The summed E-state index contributed by atoms with van der Waals surface area (Å²) in [4.78, 5) is 24.9. The molecule has 0 heterocycles. The minimum Gasteiger partial charge on any atom is -0.423 e. The van der Waals surface area contributed by atoms with Crippen molar-refractivity contribution in [2.75, 3.05) is 10.8 Å². The number of nitrogens with one attached hydrogen (secondary N) is 1. The first kappa shape index (κ1) is 27.8. The first-order valence-electron chi connectivity index (χ1n) is 11.5. The normalized spacial score (nSPS) is 11.2. The van der Waals surface area contributed by atoms with Crippen molar-refractivity contribution in [1.82, 2.24) is 5.43 Å². The molecule has 0 aromatic heterocycles. The van der Waals surface area contributed by atoms with Gasteiger partial charge in [-0.05, 0) is 66.2 Å². The Balaban J connectivity index is 1.44. The number of halogens is 2. The summed E-state index contributed by atoms with van der Waals surface area (Å²) in [7, 11) is -4.16. The second-order valence-electron chi connectivity index (χ2n) is 8.02. The number of hydrogen-bond acceptors (Lipinski definition) is 6. The van der Waals surface area contributed by atoms with E-state index in [0.29, 0.717) is 16.9 Å². The van der Waals surface area contributed by atoms with E-state index in [1.807, 2.05) is 0 Å². The maximum absolute atomic E-state index is 13.4. The lowest BCUT2D eigenvalue weighted by atomic mass is 10.2. The van der Waals surface area contributed by atoms with E-state index in [9.17, 15) is 18.0 Å². The van der Waals surface area contributed by atoms with Crippen LogP contribution in [0.5, 0.6) is 5.75 Å². The van der Waals surface area contributed by atoms with Crippen LogP contribution in [0.3, 0.4) is 0 Å². The average Bonchev–Trinajstić information content (AvgIpc) is 2.95. The number of benzene rings is 4. The van der Waals surface area contributed by atoms with Crippen LogP contribution in [0.2, 0.25) is 10.0 Å². The Morgan fingerprint density at radius 1 is 0.846 bits per heavy atom. The second kappa shape index (κ2) is 12.6. The van der Waals surface area contributed by atoms with Gasteiger partial charge in [-0.15, -0.1) is 0 Å². The molecule has 0 atom stereocenters. The summed E-state index contributed by atoms with van der Waals surface area (Å²) in [6.07, 6.45) is 1.36. The van der Waals surface area contributed by atoms with Crippen LogP contribution in [0.25, 0.3) is 0 Å². The molecule has 0 spiro atoms. The summed E-state index contributed by atoms with van der Waals surface area (Å²) in [5, 5.41) is 4.04. The second-order valence-corrected chi connectivity index (χ2v) is 10.7. The van der Waals surface area contributed by atoms with Crippen molar-refractivity contribution in [3.63, 3.8) is 0 Å². The number of carbonyl (C=O) groups excluding carboxylic acids is 2. The molecule has 1 N–H and O–H groups in total. The van der Waals surface area contributed by atoms with Gasteiger partial charge in [-0.2, -0.15) is 5.10 Å². The number of amides is 1. The van der Waals surface area contributed by atoms with E-state index in [1.165, 1.54) is 36.5 Å². The standard InChI is InChI=1S/C28H21Cl2N3O5S/c29-24-12-7-13-25(27(24)30)33(39(36,37)23-10-5-2-6-11-23)19-26(34)32-31-18-20-14-16-22(17-15-20)38-28(35)21-8-3-1-4-9-21/h1-18H,19H2,(H,32,34)/b31-18+. The molecule has 0 unspecified atom stereocenters. The maximum Gasteiger partial charge on any atom is 0.343 e. The number of esters is 1. The number of rotatable bonds is 9. The van der Waals surface area contributed by atoms with Crippen LogP contribution >= 0.6 is 23.2 Å². The van der Waals surface area contributed by atoms with E-state index in [2.05, 4.69) is 10.5 Å². The molecule has 39 heavy (non-hydrogen) atoms. The van der Waals surface area contributed by atoms with E-state index in [1.54, 1.807) is 72.8 Å². The zero-order chi connectivity index (χ0) is 27.8. The Hall–Kier alpha value is -4.18. The topological polar surface area (TPSA) is 105 Å². The largest absolute Gasteiger partial charge is 0.423 e. The van der Waals surface area contributed by atoms with Crippen molar-refractivity contribution in [1.29, 1.82) is 0 Å². The van der Waals surface area contributed by atoms with Crippen LogP contribution in [0, 0.1) is 0 Å². The van der Waals surface area contributed by atoms with E-state index in [0.717, 1.165) is 4.31 Å². The molecule has 0 radical (unpaired) electrons. The zero-order valence-corrected chi connectivity index (χ0v) is 22.5. The zero-order valence-electron chi connectivity index (χ0n) is 20.2. The molecule has 0 aliphatic carbocycles. The number of nitrogens with zero attached hydrogens (tertiary/aromatic N) is 2. The lowest BCUT2D eigenvalue weighted by Gasteiger charge is -2.24. The fourth-order valence-electron chi connectivity index (χ4n) is 3.41. The molecule has 4 aromatic carbocycles. The monoisotopic (exact) mass is 581 g/mol. The summed E-state index contributed by atoms with van der Waals surface area (Å²) >= 11 is 12.4. The highest BCUT2D eigenvalue weighted by molar-refractivity contribution is 7.92. The summed E-state index contributed by atoms with van der Waals surface area (Å²) in [6, 6.07) is 27.2. The van der Waals surface area contributed by atoms with Crippen LogP contribution < -0.4 is 14.5 Å². The Bertz CT molecular complexity index is 1600. The van der Waals surface area contributed by atoms with Gasteiger partial charge in [-0.1, -0.05) is 65.7 Å². The van der Waals surface area contributed by atoms with Crippen molar-refractivity contribution >= 4 is 57.0 Å². The van der Waals surface area contributed by atoms with Gasteiger partial charge in [0.1, 0.15) is 12.3 Å². The number of sulfonamides is 1. The molecule has 4 rings (SSSR count). The molecule has 8 nitrogen and oxygen atoms in total. The average molecular weight is 582 g/mol. The molecule has 0 saturated carbocycles. The van der Waals surface area contributed by atoms with Crippen LogP contribution in [0.4, 0.5) is 5.69 Å². The highest BCUT2D eigenvalue weighted by atomic mass is 35.5. The maximum atomic E-state index is 13.4. The van der Waals surface area contributed by atoms with Gasteiger partial charge in [-0.25, -0.2) is 18.6 Å². The molecule has 4 aromatic rings. The van der Waals surface area contributed by atoms with Gasteiger partial charge in [0.2, 0.25) is 0 Å². The summed E-state index contributed by atoms with van der Waals surface area (Å²) < 4.78 is 33.0. The SMILES string of the molecule is O=C(CN(c1cccc(Cl)c1Cl)S(=O)(=O)c1ccccc1)N/N=C/c1ccc(OC(=O)c2ccccc2)cc1. The summed E-state index contributed by atoms with van der Waals surface area (Å²) in [5.74, 6) is -0.862. The third kappa shape index (κ3) is 7.02. The predicted octanol–water partition coefficient (Wildman–Crippen LogP) is 5.56. The fourth-order valence-corrected chi connectivity index (χ4v) is 5.31. The molecule has 1 amide bonds. The number of hydrogen-bond donors (Lipinski definition) is 1. The van der Waals surface area contributed by atoms with Crippen molar-refractivity contribution in [2.45, 2.75) is 4.90 Å². The highest BCUT2D eigenvalue weighted by Gasteiger charge is 2.29. The highest BCUT2D eigenvalue weighted by Crippen LogP contribution is 2.35. The molecule has 11 heteroatoms. The van der Waals surface area contributed by atoms with Gasteiger partial charge in [-0.3, -0.25) is 9.10 Å². The number of ether oxygens (including phenoxy) is 1. The molecule has 0 fully saturated rings. The molecule has 0 saturated heterocycles. The third-order valence-corrected chi connectivity index (χ3v) is 7.90. The smallest absolute Gasteiger partial charge is 0.343 e. The summed E-state index contributed by atoms with van der Waals surface area (Å²) in [5.41, 5.74) is 3.39. The predicted molar refractivity (Wildman–Crippen MR) is 151 cm³/mol. The third-order valence-electron chi connectivity index (χ3n) is 5.32. The Labute approximate surface area is 235 Å². The molecule has 0 aliphatic heterocycles. The number of carbonyl (C=O) groups is 2. The lowest BCUT2D eigenvalue weighted by Crippen LogP contribution is -2.39. The van der Waals surface area contributed by atoms with E-state index in [-0.39, 0.29) is 20.6 Å². The fraction of sp³-hybridized carbons (Fsp3) is 0.0357. The molecule has 0 bridgehead atoms. The minimum atomic E-state index is -4.16. The Morgan fingerprint density at radius 2 is 1.49 bits per heavy atom. The first-order chi connectivity index (χ1) is 18.8. The van der Waals surface area contributed by atoms with Crippen LogP contribution in [0.15, 0.2) is 113 Å². The van der Waals surface area contributed by atoms with Crippen LogP contribution in [-0.4, -0.2) is 33.1 Å². The van der Waals surface area contributed by atoms with Crippen molar-refractivity contribution in [3.05, 3.63) is 124 Å². The molecule has 0 aliphatic rings. The van der Waals surface area contributed by atoms with Crippen LogP contribution in [-0.2, 0) is 14.8 Å². The quantitative estimate of drug-likeness (QED) is 0.121. The van der Waals surface area contributed by atoms with Crippen molar-refractivity contribution in [2.24, 2.45) is 5.10 Å². The van der Waals surface area contributed by atoms with Crippen molar-refractivity contribution < 1.29 is 22.7 Å². The summed E-state index contributed by atoms with van der Waals surface area (Å²) in [6.45, 7) is -0.608. The van der Waals surface area contributed by atoms with Gasteiger partial charge in [0.15, 0.2) is 0 Å². The van der Waals surface area contributed by atoms with Gasteiger partial charge in [0.05, 0.1) is 32.4 Å². The first-order valence-corrected chi connectivity index (χ1v) is 13.7. The van der Waals surface area contributed by atoms with Gasteiger partial charge >= 0.3 is 5.97 Å². The van der Waals surface area contributed by atoms with Gasteiger partial charge in [0.25, 0.3) is 15.9 Å². The number of anilines is 1. The number of hydrazone groups is 1. The van der Waals surface area contributed by atoms with Gasteiger partial charge in [0, 0.05) is 0 Å². The Morgan fingerprint density at radius 3 is 2.15 bits per heavy atom. The minimum absolute atomic E-state index is 0.0111. The van der Waals surface area contributed by atoms with E-state index >= 15 is 0 Å².